The van der Waals surface area contributed by atoms with Crippen molar-refractivity contribution in [3.05, 3.63) is 46.7 Å². The van der Waals surface area contributed by atoms with Crippen molar-refractivity contribution in [1.82, 2.24) is 15.3 Å². The molecule has 160 valence electrons. The molecule has 2 aromatic heterocycles. The van der Waals surface area contributed by atoms with Crippen molar-refractivity contribution in [3.63, 3.8) is 0 Å². The zero-order valence-corrected chi connectivity index (χ0v) is 16.9. The van der Waals surface area contributed by atoms with Crippen LogP contribution in [0.15, 0.2) is 30.6 Å². The molecule has 0 atom stereocenters. The summed E-state index contributed by atoms with van der Waals surface area (Å²) in [6.07, 6.45) is -2.36. The van der Waals surface area contributed by atoms with Gasteiger partial charge in [-0.2, -0.15) is 13.2 Å². The van der Waals surface area contributed by atoms with E-state index < -0.39 is 11.7 Å². The van der Waals surface area contributed by atoms with E-state index in [2.05, 4.69) is 20.6 Å². The minimum atomic E-state index is -4.52. The molecule has 1 aliphatic heterocycles. The van der Waals surface area contributed by atoms with Gasteiger partial charge in [0.2, 0.25) is 5.91 Å². The van der Waals surface area contributed by atoms with Gasteiger partial charge in [-0.15, -0.1) is 0 Å². The van der Waals surface area contributed by atoms with Crippen molar-refractivity contribution in [2.24, 2.45) is 5.92 Å². The van der Waals surface area contributed by atoms with Crippen LogP contribution in [0.4, 0.5) is 24.8 Å². The second kappa shape index (κ2) is 8.47. The molecular weight excluding hydrogens is 423 g/mol. The van der Waals surface area contributed by atoms with Crippen LogP contribution < -0.4 is 15.5 Å². The van der Waals surface area contributed by atoms with Gasteiger partial charge in [0.1, 0.15) is 11.6 Å². The van der Waals surface area contributed by atoms with E-state index in [1.54, 1.807) is 18.7 Å². The van der Waals surface area contributed by atoms with Gasteiger partial charge in [0.05, 0.1) is 16.6 Å². The Balaban J connectivity index is 1.57. The lowest BCUT2D eigenvalue weighted by molar-refractivity contribution is -0.137. The fourth-order valence-corrected chi connectivity index (χ4v) is 3.03. The topological polar surface area (TPSA) is 87.2 Å². The number of nitrogens with one attached hydrogen (secondary N) is 2. The predicted octanol–water partition coefficient (Wildman–Crippen LogP) is 3.36. The highest BCUT2D eigenvalue weighted by atomic mass is 35.5. The number of alkyl halides is 3. The van der Waals surface area contributed by atoms with Crippen molar-refractivity contribution in [3.8, 4) is 0 Å². The van der Waals surface area contributed by atoms with Gasteiger partial charge in [-0.05, 0) is 18.2 Å². The van der Waals surface area contributed by atoms with Crippen molar-refractivity contribution in [1.29, 1.82) is 0 Å². The SMILES string of the molecule is CC(C)C(=O)Nc1cc(C(=O)NC2CN(c3ncc(C(F)(F)F)cc3Cl)C2)ccn1. The maximum absolute atomic E-state index is 12.7. The Labute approximate surface area is 175 Å². The van der Waals surface area contributed by atoms with Crippen LogP contribution in [0.3, 0.4) is 0 Å². The Kier molecular flexibility index (Phi) is 6.16. The van der Waals surface area contributed by atoms with Crippen LogP contribution >= 0.6 is 11.6 Å². The number of carbonyl (C=O) groups is 2. The monoisotopic (exact) mass is 441 g/mol. The maximum atomic E-state index is 12.7. The Morgan fingerprint density at radius 1 is 1.23 bits per heavy atom. The molecule has 0 bridgehead atoms. The minimum absolute atomic E-state index is 0.103. The molecule has 2 N–H and O–H groups in total. The number of hydrogen-bond donors (Lipinski definition) is 2. The standard InChI is InChI=1S/C19H19ClF3N5O2/c1-10(2)17(29)27-15-5-11(3-4-24-15)18(30)26-13-8-28(9-13)16-14(20)6-12(7-25-16)19(21,22)23/h3-7,10,13H,8-9H2,1-2H3,(H,26,30)(H,24,27,29). The molecule has 30 heavy (non-hydrogen) atoms. The highest BCUT2D eigenvalue weighted by Crippen LogP contribution is 2.34. The van der Waals surface area contributed by atoms with E-state index in [9.17, 15) is 22.8 Å². The molecule has 1 fully saturated rings. The van der Waals surface area contributed by atoms with Gasteiger partial charge in [0.25, 0.3) is 5.91 Å². The molecule has 0 saturated carbocycles. The summed E-state index contributed by atoms with van der Waals surface area (Å²) < 4.78 is 38.1. The first kappa shape index (κ1) is 21.8. The summed E-state index contributed by atoms with van der Waals surface area (Å²) in [6.45, 7) is 4.19. The lowest BCUT2D eigenvalue weighted by Gasteiger charge is -2.40. The van der Waals surface area contributed by atoms with Gasteiger partial charge < -0.3 is 15.5 Å². The fourth-order valence-electron chi connectivity index (χ4n) is 2.74. The van der Waals surface area contributed by atoms with Crippen molar-refractivity contribution in [2.75, 3.05) is 23.3 Å². The minimum Gasteiger partial charge on any atom is -0.351 e. The average molecular weight is 442 g/mol. The Hall–Kier alpha value is -2.88. The first-order valence-corrected chi connectivity index (χ1v) is 9.48. The molecule has 0 aromatic carbocycles. The van der Waals surface area contributed by atoms with Gasteiger partial charge in [0.15, 0.2) is 0 Å². The first-order valence-electron chi connectivity index (χ1n) is 9.10. The van der Waals surface area contributed by atoms with Crippen LogP contribution in [0, 0.1) is 5.92 Å². The molecular formula is C19H19ClF3N5O2. The summed E-state index contributed by atoms with van der Waals surface area (Å²) in [5.74, 6) is -0.282. The van der Waals surface area contributed by atoms with Crippen LogP contribution in [-0.4, -0.2) is 40.9 Å². The first-order chi connectivity index (χ1) is 14.0. The largest absolute Gasteiger partial charge is 0.417 e. The quantitative estimate of drug-likeness (QED) is 0.743. The Morgan fingerprint density at radius 3 is 2.53 bits per heavy atom. The van der Waals surface area contributed by atoms with Gasteiger partial charge >= 0.3 is 6.18 Å². The van der Waals surface area contributed by atoms with Crippen molar-refractivity contribution < 1.29 is 22.8 Å². The lowest BCUT2D eigenvalue weighted by atomic mass is 10.1. The summed E-state index contributed by atoms with van der Waals surface area (Å²) in [6, 6.07) is 3.60. The molecule has 11 heteroatoms. The molecule has 0 aliphatic carbocycles. The number of aromatic nitrogens is 2. The molecule has 7 nitrogen and oxygen atoms in total. The Morgan fingerprint density at radius 2 is 1.93 bits per heavy atom. The number of amides is 2. The van der Waals surface area contributed by atoms with E-state index in [1.807, 2.05) is 0 Å². The third kappa shape index (κ3) is 4.99. The third-order valence-corrected chi connectivity index (χ3v) is 4.74. The molecule has 0 unspecified atom stereocenters. The van der Waals surface area contributed by atoms with Crippen LogP contribution in [-0.2, 0) is 11.0 Å². The molecule has 1 aliphatic rings. The predicted molar refractivity (Wildman–Crippen MR) is 105 cm³/mol. The highest BCUT2D eigenvalue weighted by molar-refractivity contribution is 6.33. The number of carbonyl (C=O) groups excluding carboxylic acids is 2. The summed E-state index contributed by atoms with van der Waals surface area (Å²) in [4.78, 5) is 33.7. The normalized spacial score (nSPS) is 14.4. The Bertz CT molecular complexity index is 961. The number of halogens is 4. The molecule has 1 saturated heterocycles. The maximum Gasteiger partial charge on any atom is 0.417 e. The van der Waals surface area contributed by atoms with E-state index in [0.717, 1.165) is 12.3 Å². The number of pyridine rings is 2. The lowest BCUT2D eigenvalue weighted by Crippen LogP contribution is -2.59. The van der Waals surface area contributed by atoms with Gasteiger partial charge in [-0.1, -0.05) is 25.4 Å². The average Bonchev–Trinajstić information content (AvgIpc) is 2.64. The smallest absolute Gasteiger partial charge is 0.351 e. The number of hydrogen-bond acceptors (Lipinski definition) is 5. The summed E-state index contributed by atoms with van der Waals surface area (Å²) in [5, 5.41) is 5.34. The zero-order valence-electron chi connectivity index (χ0n) is 16.1. The molecule has 2 amide bonds. The van der Waals surface area contributed by atoms with Gasteiger partial charge in [-0.3, -0.25) is 9.59 Å². The number of nitrogens with zero attached hydrogens (tertiary/aromatic N) is 3. The molecule has 0 spiro atoms. The van der Waals surface area contributed by atoms with Crippen LogP contribution in [0.2, 0.25) is 5.02 Å². The second-order valence-corrected chi connectivity index (χ2v) is 7.58. The van der Waals surface area contributed by atoms with Crippen molar-refractivity contribution >= 4 is 35.1 Å². The molecule has 0 radical (unpaired) electrons. The summed E-state index contributed by atoms with van der Waals surface area (Å²) in [5.41, 5.74) is -0.590. The second-order valence-electron chi connectivity index (χ2n) is 7.18. The van der Waals surface area contributed by atoms with Crippen LogP contribution in [0.1, 0.15) is 29.8 Å². The van der Waals surface area contributed by atoms with Crippen LogP contribution in [0.25, 0.3) is 0 Å². The van der Waals surface area contributed by atoms with E-state index in [-0.39, 0.29) is 40.4 Å². The van der Waals surface area contributed by atoms with Gasteiger partial charge in [-0.25, -0.2) is 9.97 Å². The molecule has 3 heterocycles. The van der Waals surface area contributed by atoms with Gasteiger partial charge in [0, 0.05) is 37.0 Å². The highest BCUT2D eigenvalue weighted by Gasteiger charge is 2.34. The summed E-state index contributed by atoms with van der Waals surface area (Å²) in [7, 11) is 0. The van der Waals surface area contributed by atoms with Crippen LogP contribution in [0.5, 0.6) is 0 Å². The van der Waals surface area contributed by atoms with E-state index in [1.165, 1.54) is 18.3 Å². The van der Waals surface area contributed by atoms with E-state index in [0.29, 0.717) is 18.7 Å². The van der Waals surface area contributed by atoms with E-state index in [4.69, 9.17) is 11.6 Å². The summed E-state index contributed by atoms with van der Waals surface area (Å²) >= 11 is 5.94. The number of anilines is 2. The van der Waals surface area contributed by atoms with E-state index >= 15 is 0 Å². The third-order valence-electron chi connectivity index (χ3n) is 4.46. The van der Waals surface area contributed by atoms with Crippen molar-refractivity contribution in [2.45, 2.75) is 26.1 Å². The molecule has 3 rings (SSSR count). The molecule has 2 aromatic rings. The zero-order chi connectivity index (χ0) is 22.1. The number of rotatable bonds is 5. The fraction of sp³-hybridized carbons (Fsp3) is 0.368.